The van der Waals surface area contributed by atoms with E-state index in [9.17, 15) is 14.4 Å². The summed E-state index contributed by atoms with van der Waals surface area (Å²) < 4.78 is 2.95. The maximum atomic E-state index is 13.7. The van der Waals surface area contributed by atoms with Gasteiger partial charge < -0.3 is 15.5 Å². The molecule has 3 aromatic carbocycles. The highest BCUT2D eigenvalue weighted by Gasteiger charge is 2.22. The van der Waals surface area contributed by atoms with Crippen molar-refractivity contribution in [2.45, 2.75) is 26.1 Å². The molecule has 8 nitrogen and oxygen atoms in total. The number of anilines is 2. The van der Waals surface area contributed by atoms with Gasteiger partial charge in [-0.15, -0.1) is 0 Å². The minimum Gasteiger partial charge on any atom is -0.319 e. The Hall–Kier alpha value is -4.43. The number of nitrogens with zero attached hydrogens (tertiary/aromatic N) is 3. The van der Waals surface area contributed by atoms with Gasteiger partial charge >= 0.3 is 0 Å². The third kappa shape index (κ3) is 5.61. The monoisotopic (exact) mass is 483 g/mol. The van der Waals surface area contributed by atoms with E-state index in [2.05, 4.69) is 10.6 Å². The molecule has 36 heavy (non-hydrogen) atoms. The number of carbonyl (C=O) groups is 2. The van der Waals surface area contributed by atoms with E-state index < -0.39 is 11.6 Å². The van der Waals surface area contributed by atoms with Crippen LogP contribution in [0.1, 0.15) is 12.5 Å². The molecule has 4 rings (SSSR count). The Balaban J connectivity index is 1.71. The largest absolute Gasteiger partial charge is 0.319 e. The number of hydrogen-bond donors (Lipinski definition) is 2. The third-order valence-electron chi connectivity index (χ3n) is 5.92. The number of likely N-dealkylation sites (N-methyl/N-ethyl adjacent to an activating group) is 1. The summed E-state index contributed by atoms with van der Waals surface area (Å²) in [7, 11) is 1.67. The number of para-hydroxylation sites is 2. The van der Waals surface area contributed by atoms with E-state index >= 15 is 0 Å². The van der Waals surface area contributed by atoms with Crippen molar-refractivity contribution in [2.75, 3.05) is 17.3 Å². The Morgan fingerprint density at radius 1 is 0.889 bits per heavy atom. The highest BCUT2D eigenvalue weighted by Crippen LogP contribution is 2.19. The minimum atomic E-state index is -0.487. The Morgan fingerprint density at radius 3 is 2.08 bits per heavy atom. The predicted octanol–water partition coefficient (Wildman–Crippen LogP) is 3.42. The first-order chi connectivity index (χ1) is 17.5. The van der Waals surface area contributed by atoms with E-state index in [1.165, 1.54) is 4.68 Å². The summed E-state index contributed by atoms with van der Waals surface area (Å²) >= 11 is 0. The molecule has 2 N–H and O–H groups in total. The van der Waals surface area contributed by atoms with Crippen molar-refractivity contribution in [1.82, 2.24) is 14.7 Å². The quantitative estimate of drug-likeness (QED) is 0.382. The zero-order valence-corrected chi connectivity index (χ0v) is 20.3. The first-order valence-electron chi connectivity index (χ1n) is 11.7. The van der Waals surface area contributed by atoms with Crippen LogP contribution >= 0.6 is 0 Å². The molecule has 4 aromatic rings. The van der Waals surface area contributed by atoms with Gasteiger partial charge in [-0.2, -0.15) is 0 Å². The van der Waals surface area contributed by atoms with Crippen LogP contribution in [0.2, 0.25) is 0 Å². The lowest BCUT2D eigenvalue weighted by molar-refractivity contribution is -0.119. The van der Waals surface area contributed by atoms with Crippen LogP contribution in [-0.4, -0.2) is 34.3 Å². The van der Waals surface area contributed by atoms with Crippen molar-refractivity contribution in [2.24, 2.45) is 0 Å². The van der Waals surface area contributed by atoms with Crippen molar-refractivity contribution >= 4 is 23.2 Å². The molecule has 0 bridgehead atoms. The van der Waals surface area contributed by atoms with Gasteiger partial charge in [0.05, 0.1) is 24.5 Å². The molecule has 1 heterocycles. The Bertz CT molecular complexity index is 1360. The highest BCUT2D eigenvalue weighted by atomic mass is 16.2. The average molecular weight is 484 g/mol. The lowest BCUT2D eigenvalue weighted by atomic mass is 10.2. The van der Waals surface area contributed by atoms with E-state index in [0.717, 1.165) is 11.3 Å². The second-order valence-corrected chi connectivity index (χ2v) is 8.39. The normalized spacial score (nSPS) is 11.6. The maximum absolute atomic E-state index is 13.7. The summed E-state index contributed by atoms with van der Waals surface area (Å²) in [5, 5.41) is 5.54. The first-order valence-corrected chi connectivity index (χ1v) is 11.7. The molecule has 0 aliphatic heterocycles. The fourth-order valence-electron chi connectivity index (χ4n) is 3.80. The van der Waals surface area contributed by atoms with Gasteiger partial charge in [0, 0.05) is 5.69 Å². The zero-order chi connectivity index (χ0) is 25.5. The SMILES string of the molecule is CNC(C)C(=O)Nc1cn(-c2ccccc2)n(CC(=O)N(Cc2ccccc2)c2ccccc2)c1=O. The molecule has 1 aromatic heterocycles. The summed E-state index contributed by atoms with van der Waals surface area (Å²) in [6.45, 7) is 1.84. The summed E-state index contributed by atoms with van der Waals surface area (Å²) in [6, 6.07) is 27.8. The standard InChI is InChI=1S/C28H29N5O3/c1-21(29-2)27(35)30-25-19-32(24-16-10-5-11-17-24)33(28(25)36)20-26(34)31(23-14-8-4-9-15-23)18-22-12-6-3-7-13-22/h3-17,19,21,29H,18,20H2,1-2H3,(H,30,35). The van der Waals surface area contributed by atoms with E-state index in [0.29, 0.717) is 12.2 Å². The fourth-order valence-corrected chi connectivity index (χ4v) is 3.80. The summed E-state index contributed by atoms with van der Waals surface area (Å²) in [5.74, 6) is -0.600. The van der Waals surface area contributed by atoms with Crippen molar-refractivity contribution in [3.8, 4) is 5.69 Å². The molecule has 0 fully saturated rings. The highest BCUT2D eigenvalue weighted by molar-refractivity contribution is 5.95. The van der Waals surface area contributed by atoms with Crippen LogP contribution in [0.25, 0.3) is 5.69 Å². The number of hydrogen-bond acceptors (Lipinski definition) is 4. The molecule has 0 radical (unpaired) electrons. The Labute approximate surface area is 209 Å². The Morgan fingerprint density at radius 2 is 1.47 bits per heavy atom. The molecule has 0 saturated heterocycles. The number of aromatic nitrogens is 2. The van der Waals surface area contributed by atoms with Crippen LogP contribution in [-0.2, 0) is 22.7 Å². The lowest BCUT2D eigenvalue weighted by Crippen LogP contribution is -2.38. The predicted molar refractivity (Wildman–Crippen MR) is 141 cm³/mol. The molecular formula is C28H29N5O3. The number of amides is 2. The molecule has 1 atom stereocenters. The first kappa shape index (κ1) is 24.7. The number of benzene rings is 3. The van der Waals surface area contributed by atoms with Crippen LogP contribution in [0.3, 0.4) is 0 Å². The third-order valence-corrected chi connectivity index (χ3v) is 5.92. The molecule has 0 saturated carbocycles. The van der Waals surface area contributed by atoms with Crippen molar-refractivity contribution in [3.05, 3.63) is 113 Å². The summed E-state index contributed by atoms with van der Waals surface area (Å²) in [6.07, 6.45) is 1.55. The smallest absolute Gasteiger partial charge is 0.291 e. The maximum Gasteiger partial charge on any atom is 0.291 e. The zero-order valence-electron chi connectivity index (χ0n) is 20.3. The van der Waals surface area contributed by atoms with Gasteiger partial charge in [-0.25, -0.2) is 4.68 Å². The van der Waals surface area contributed by atoms with Crippen molar-refractivity contribution < 1.29 is 9.59 Å². The van der Waals surface area contributed by atoms with Gasteiger partial charge in [0.2, 0.25) is 11.8 Å². The van der Waals surface area contributed by atoms with Gasteiger partial charge in [-0.05, 0) is 43.8 Å². The summed E-state index contributed by atoms with van der Waals surface area (Å²) in [4.78, 5) is 41.2. The van der Waals surface area contributed by atoms with Gasteiger partial charge in [0.1, 0.15) is 12.2 Å². The van der Waals surface area contributed by atoms with E-state index in [-0.39, 0.29) is 24.0 Å². The molecule has 1 unspecified atom stereocenters. The van der Waals surface area contributed by atoms with Crippen LogP contribution in [0, 0.1) is 0 Å². The number of nitrogens with one attached hydrogen (secondary N) is 2. The minimum absolute atomic E-state index is 0.105. The van der Waals surface area contributed by atoms with Crippen LogP contribution in [0.5, 0.6) is 0 Å². The molecular weight excluding hydrogens is 454 g/mol. The second kappa shape index (κ2) is 11.3. The summed E-state index contributed by atoms with van der Waals surface area (Å²) in [5.41, 5.74) is 2.03. The lowest BCUT2D eigenvalue weighted by Gasteiger charge is -2.24. The van der Waals surface area contributed by atoms with Gasteiger partial charge in [0.15, 0.2) is 0 Å². The van der Waals surface area contributed by atoms with E-state index in [1.807, 2.05) is 91.0 Å². The van der Waals surface area contributed by atoms with E-state index in [1.54, 1.807) is 29.7 Å². The molecule has 184 valence electrons. The van der Waals surface area contributed by atoms with E-state index in [4.69, 9.17) is 0 Å². The molecule has 2 amide bonds. The van der Waals surface area contributed by atoms with Crippen LogP contribution in [0.4, 0.5) is 11.4 Å². The van der Waals surface area contributed by atoms with Crippen molar-refractivity contribution in [1.29, 1.82) is 0 Å². The molecule has 0 spiro atoms. The van der Waals surface area contributed by atoms with Gasteiger partial charge in [-0.1, -0.05) is 66.7 Å². The Kier molecular flexibility index (Phi) is 7.77. The molecule has 0 aliphatic carbocycles. The second-order valence-electron chi connectivity index (χ2n) is 8.39. The van der Waals surface area contributed by atoms with Crippen LogP contribution in [0.15, 0.2) is 102 Å². The number of rotatable bonds is 9. The average Bonchev–Trinajstić information content (AvgIpc) is 3.22. The molecule has 0 aliphatic rings. The topological polar surface area (TPSA) is 88.4 Å². The van der Waals surface area contributed by atoms with Gasteiger partial charge in [0.25, 0.3) is 5.56 Å². The van der Waals surface area contributed by atoms with Crippen molar-refractivity contribution in [3.63, 3.8) is 0 Å². The molecule has 8 heteroatoms. The van der Waals surface area contributed by atoms with Crippen LogP contribution < -0.4 is 21.1 Å². The van der Waals surface area contributed by atoms with Gasteiger partial charge in [-0.3, -0.25) is 19.1 Å². The number of carbonyl (C=O) groups excluding carboxylic acids is 2. The fraction of sp³-hybridized carbons (Fsp3) is 0.179.